The summed E-state index contributed by atoms with van der Waals surface area (Å²) in [6.45, 7) is 12.0. The van der Waals surface area contributed by atoms with Crippen LogP contribution in [-0.4, -0.2) is 18.0 Å². The Morgan fingerprint density at radius 3 is 2.44 bits per heavy atom. The van der Waals surface area contributed by atoms with Crippen LogP contribution in [0.25, 0.3) is 32.8 Å². The van der Waals surface area contributed by atoms with E-state index < -0.39 is 8.07 Å². The van der Waals surface area contributed by atoms with Crippen molar-refractivity contribution in [1.82, 2.24) is 9.97 Å². The molecule has 0 saturated carbocycles. The predicted octanol–water partition coefficient (Wildman–Crippen LogP) is 5.63. The number of fused-ring (bicyclic) bond motifs is 4. The maximum Gasteiger partial charge on any atom is 0.0786 e. The zero-order chi connectivity index (χ0) is 19.0. The second-order valence-electron chi connectivity index (χ2n) is 9.24. The third-order valence-electron chi connectivity index (χ3n) is 6.11. The molecule has 5 rings (SSSR count). The summed E-state index contributed by atoms with van der Waals surface area (Å²) in [6.07, 6.45) is 5.86. The largest absolute Gasteiger partial charge is 0.264 e. The molecule has 0 fully saturated rings. The normalized spacial score (nSPS) is 15.1. The van der Waals surface area contributed by atoms with E-state index in [9.17, 15) is 0 Å². The molecule has 0 bridgehead atoms. The molecule has 0 radical (unpaired) electrons. The summed E-state index contributed by atoms with van der Waals surface area (Å²) in [7, 11) is -1.43. The number of rotatable bonds is 1. The summed E-state index contributed by atoms with van der Waals surface area (Å²) in [6, 6.07) is 13.6. The topological polar surface area (TPSA) is 25.8 Å². The van der Waals surface area contributed by atoms with Crippen molar-refractivity contribution in [2.75, 3.05) is 0 Å². The molecule has 2 heterocycles. The SMILES string of the molecule is CC1(C)c2c(ccc3ccncc23)-c2nccc3cc([Si](C)(C)C)cc1c23. The van der Waals surface area contributed by atoms with Crippen LogP contribution >= 0.6 is 0 Å². The molecule has 27 heavy (non-hydrogen) atoms. The zero-order valence-corrected chi connectivity index (χ0v) is 17.6. The van der Waals surface area contributed by atoms with Gasteiger partial charge in [-0.25, -0.2) is 0 Å². The monoisotopic (exact) mass is 368 g/mol. The lowest BCUT2D eigenvalue weighted by atomic mass is 9.68. The molecule has 1 aliphatic rings. The Balaban J connectivity index is 1.99. The number of pyridine rings is 2. The molecule has 0 spiro atoms. The van der Waals surface area contributed by atoms with Crippen molar-refractivity contribution < 1.29 is 0 Å². The van der Waals surface area contributed by atoms with Gasteiger partial charge in [-0.2, -0.15) is 0 Å². The van der Waals surface area contributed by atoms with Gasteiger partial charge in [0.1, 0.15) is 0 Å². The lowest BCUT2D eigenvalue weighted by Crippen LogP contribution is -2.39. The molecule has 0 saturated heterocycles. The maximum absolute atomic E-state index is 4.83. The first-order chi connectivity index (χ1) is 12.8. The Morgan fingerprint density at radius 2 is 1.67 bits per heavy atom. The highest BCUT2D eigenvalue weighted by Crippen LogP contribution is 2.49. The van der Waals surface area contributed by atoms with Crippen LogP contribution in [0.3, 0.4) is 0 Å². The van der Waals surface area contributed by atoms with Crippen molar-refractivity contribution in [2.45, 2.75) is 38.9 Å². The van der Waals surface area contributed by atoms with Crippen molar-refractivity contribution in [3.05, 3.63) is 66.1 Å². The van der Waals surface area contributed by atoms with Crippen LogP contribution in [0, 0.1) is 0 Å². The van der Waals surface area contributed by atoms with E-state index in [1.165, 1.54) is 43.4 Å². The molecule has 2 aromatic heterocycles. The van der Waals surface area contributed by atoms with Crippen molar-refractivity contribution in [2.24, 2.45) is 0 Å². The Hall–Kier alpha value is -2.52. The predicted molar refractivity (Wildman–Crippen MR) is 118 cm³/mol. The van der Waals surface area contributed by atoms with Crippen LogP contribution in [0.4, 0.5) is 0 Å². The molecule has 2 aromatic carbocycles. The fraction of sp³-hybridized carbons (Fsp3) is 0.250. The van der Waals surface area contributed by atoms with Gasteiger partial charge in [-0.3, -0.25) is 9.97 Å². The molecule has 0 atom stereocenters. The standard InChI is InChI=1S/C24H24N2Si/c1-24(2)20-13-17(27(3,4)5)12-16-9-11-26-23(21(16)20)18-7-6-15-8-10-25-14-19(15)22(18)24/h6-14H,1-5H3. The second kappa shape index (κ2) is 5.26. The van der Waals surface area contributed by atoms with Gasteiger partial charge in [0, 0.05) is 40.3 Å². The van der Waals surface area contributed by atoms with Gasteiger partial charge < -0.3 is 0 Å². The molecule has 1 aliphatic carbocycles. The van der Waals surface area contributed by atoms with Gasteiger partial charge in [-0.15, -0.1) is 0 Å². The first-order valence-corrected chi connectivity index (χ1v) is 13.1. The van der Waals surface area contributed by atoms with Crippen LogP contribution in [0.15, 0.2) is 55.0 Å². The summed E-state index contributed by atoms with van der Waals surface area (Å²) in [5, 5.41) is 6.63. The lowest BCUT2D eigenvalue weighted by Gasteiger charge is -2.36. The van der Waals surface area contributed by atoms with E-state index in [0.717, 1.165) is 5.69 Å². The zero-order valence-electron chi connectivity index (χ0n) is 16.6. The fourth-order valence-electron chi connectivity index (χ4n) is 4.61. The highest BCUT2D eigenvalue weighted by molar-refractivity contribution is 6.88. The number of nitrogens with zero attached hydrogens (tertiary/aromatic N) is 2. The Bertz CT molecular complexity index is 1230. The summed E-state index contributed by atoms with van der Waals surface area (Å²) in [4.78, 5) is 9.27. The van der Waals surface area contributed by atoms with Gasteiger partial charge in [0.05, 0.1) is 13.8 Å². The summed E-state index contributed by atoms with van der Waals surface area (Å²) in [5.41, 5.74) is 5.03. The molecule has 134 valence electrons. The third-order valence-corrected chi connectivity index (χ3v) is 8.13. The van der Waals surface area contributed by atoms with Crippen LogP contribution in [-0.2, 0) is 5.41 Å². The van der Waals surface area contributed by atoms with Crippen LogP contribution in [0.2, 0.25) is 19.6 Å². The van der Waals surface area contributed by atoms with Crippen LogP contribution < -0.4 is 5.19 Å². The summed E-state index contributed by atoms with van der Waals surface area (Å²) < 4.78 is 0. The van der Waals surface area contributed by atoms with Gasteiger partial charge in [-0.05, 0) is 34.0 Å². The van der Waals surface area contributed by atoms with E-state index in [1.807, 2.05) is 18.6 Å². The minimum Gasteiger partial charge on any atom is -0.264 e. The fourth-order valence-corrected chi connectivity index (χ4v) is 5.78. The number of hydrogen-bond acceptors (Lipinski definition) is 2. The summed E-state index contributed by atoms with van der Waals surface area (Å²) >= 11 is 0. The number of benzene rings is 2. The van der Waals surface area contributed by atoms with E-state index in [1.54, 1.807) is 0 Å². The van der Waals surface area contributed by atoms with Crippen molar-refractivity contribution in [3.8, 4) is 11.3 Å². The van der Waals surface area contributed by atoms with Gasteiger partial charge >= 0.3 is 0 Å². The molecule has 0 aliphatic heterocycles. The first kappa shape index (κ1) is 16.6. The smallest absolute Gasteiger partial charge is 0.0786 e. The Morgan fingerprint density at radius 1 is 0.889 bits per heavy atom. The maximum atomic E-state index is 4.83. The molecular weight excluding hydrogens is 344 g/mol. The third kappa shape index (κ3) is 2.24. The first-order valence-electron chi connectivity index (χ1n) is 9.60. The van der Waals surface area contributed by atoms with Gasteiger partial charge in [0.15, 0.2) is 0 Å². The summed E-state index contributed by atoms with van der Waals surface area (Å²) in [5.74, 6) is 0. The van der Waals surface area contributed by atoms with Crippen LogP contribution in [0.5, 0.6) is 0 Å². The Labute approximate surface area is 161 Å². The molecular formula is C24H24N2Si. The van der Waals surface area contributed by atoms with Gasteiger partial charge in [0.2, 0.25) is 0 Å². The van der Waals surface area contributed by atoms with Crippen LogP contribution in [0.1, 0.15) is 25.0 Å². The molecule has 0 unspecified atom stereocenters. The minimum atomic E-state index is -1.43. The lowest BCUT2D eigenvalue weighted by molar-refractivity contribution is 0.650. The van der Waals surface area contributed by atoms with E-state index in [-0.39, 0.29) is 5.41 Å². The van der Waals surface area contributed by atoms with Gasteiger partial charge in [0.25, 0.3) is 0 Å². The van der Waals surface area contributed by atoms with E-state index in [0.29, 0.717) is 0 Å². The quantitative estimate of drug-likeness (QED) is 0.407. The van der Waals surface area contributed by atoms with Crippen molar-refractivity contribution in [3.63, 3.8) is 0 Å². The minimum absolute atomic E-state index is 0.0954. The molecule has 4 aromatic rings. The van der Waals surface area contributed by atoms with Crippen molar-refractivity contribution >= 4 is 34.8 Å². The average molecular weight is 369 g/mol. The number of hydrogen-bond donors (Lipinski definition) is 0. The molecule has 3 heteroatoms. The average Bonchev–Trinajstić information content (AvgIpc) is 2.64. The van der Waals surface area contributed by atoms with E-state index >= 15 is 0 Å². The molecule has 2 nitrogen and oxygen atoms in total. The van der Waals surface area contributed by atoms with E-state index in [4.69, 9.17) is 4.98 Å². The Kier molecular flexibility index (Phi) is 3.24. The molecule has 0 N–H and O–H groups in total. The van der Waals surface area contributed by atoms with E-state index in [2.05, 4.69) is 74.9 Å². The van der Waals surface area contributed by atoms with Crippen molar-refractivity contribution in [1.29, 1.82) is 0 Å². The highest BCUT2D eigenvalue weighted by Gasteiger charge is 2.36. The van der Waals surface area contributed by atoms with Gasteiger partial charge in [-0.1, -0.05) is 62.9 Å². The number of aromatic nitrogens is 2. The highest BCUT2D eigenvalue weighted by atomic mass is 28.3. The second-order valence-corrected chi connectivity index (χ2v) is 14.3. The molecule has 0 amide bonds.